The highest BCUT2D eigenvalue weighted by atomic mass is 32.2. The Hall–Kier alpha value is -2.34. The minimum Gasteiger partial charge on any atom is -0.354 e. The molecule has 0 aliphatic carbocycles. The average molecular weight is 417 g/mol. The molecule has 0 unspecified atom stereocenters. The third-order valence-corrected chi connectivity index (χ3v) is 5.46. The highest BCUT2D eigenvalue weighted by Gasteiger charge is 2.25. The van der Waals surface area contributed by atoms with Crippen molar-refractivity contribution in [2.24, 2.45) is 5.92 Å². The molecule has 1 N–H and O–H groups in total. The number of halogens is 1. The van der Waals surface area contributed by atoms with Crippen molar-refractivity contribution in [3.8, 4) is 0 Å². The molecule has 2 amide bonds. The summed E-state index contributed by atoms with van der Waals surface area (Å²) < 4.78 is 13.2. The fourth-order valence-corrected chi connectivity index (χ4v) is 3.60. The molecule has 0 fully saturated rings. The van der Waals surface area contributed by atoms with Crippen LogP contribution in [0.2, 0.25) is 0 Å². The smallest absolute Gasteiger partial charge is 0.242 e. The molecule has 156 valence electrons. The lowest BCUT2D eigenvalue weighted by Crippen LogP contribution is -2.48. The number of rotatable bonds is 10. The number of nitrogens with one attached hydrogen (secondary N) is 1. The maximum atomic E-state index is 13.2. The minimum absolute atomic E-state index is 0.0926. The molecule has 0 radical (unpaired) electrons. The van der Waals surface area contributed by atoms with Gasteiger partial charge in [0.05, 0.1) is 0 Å². The van der Waals surface area contributed by atoms with Gasteiger partial charge in [-0.25, -0.2) is 4.39 Å². The number of benzene rings is 2. The highest BCUT2D eigenvalue weighted by molar-refractivity contribution is 7.99. The molecule has 0 spiro atoms. The first-order valence-corrected chi connectivity index (χ1v) is 10.8. The van der Waals surface area contributed by atoms with Crippen LogP contribution in [-0.4, -0.2) is 35.1 Å². The summed E-state index contributed by atoms with van der Waals surface area (Å²) in [4.78, 5) is 28.2. The van der Waals surface area contributed by atoms with Crippen molar-refractivity contribution in [3.05, 3.63) is 66.0 Å². The molecule has 0 saturated carbocycles. The molecule has 0 saturated heterocycles. The fourth-order valence-electron chi connectivity index (χ4n) is 2.74. The maximum absolute atomic E-state index is 13.2. The molecule has 1 atom stereocenters. The van der Waals surface area contributed by atoms with Crippen molar-refractivity contribution >= 4 is 23.6 Å². The van der Waals surface area contributed by atoms with Gasteiger partial charge in [0.15, 0.2) is 0 Å². The molecule has 29 heavy (non-hydrogen) atoms. The lowest BCUT2D eigenvalue weighted by molar-refractivity contribution is -0.140. The van der Waals surface area contributed by atoms with Gasteiger partial charge in [0.2, 0.25) is 11.8 Å². The standard InChI is InChI=1S/C23H29FN2O2S/c1-17(2)15-25-23(28)18(3)26(16-19-9-11-20(24)12-10-19)22(27)13-14-29-21-7-5-4-6-8-21/h4-12,17-18H,13-16H2,1-3H3,(H,25,28)/t18-/m0/s1. The van der Waals surface area contributed by atoms with E-state index in [1.807, 2.05) is 44.2 Å². The van der Waals surface area contributed by atoms with Crippen LogP contribution in [0.15, 0.2) is 59.5 Å². The van der Waals surface area contributed by atoms with Crippen LogP contribution in [0.25, 0.3) is 0 Å². The number of carbonyl (C=O) groups is 2. The van der Waals surface area contributed by atoms with Gasteiger partial charge in [0.25, 0.3) is 0 Å². The Morgan fingerprint density at radius 3 is 2.31 bits per heavy atom. The van der Waals surface area contributed by atoms with Crippen molar-refractivity contribution in [1.29, 1.82) is 0 Å². The molecule has 6 heteroatoms. The van der Waals surface area contributed by atoms with E-state index in [0.29, 0.717) is 24.6 Å². The SMILES string of the molecule is CC(C)CNC(=O)[C@H](C)N(Cc1ccc(F)cc1)C(=O)CCSc1ccccc1. The normalized spacial score (nSPS) is 11.9. The Bertz CT molecular complexity index is 781. The van der Waals surface area contributed by atoms with Gasteiger partial charge in [-0.2, -0.15) is 0 Å². The first-order valence-electron chi connectivity index (χ1n) is 9.86. The summed E-state index contributed by atoms with van der Waals surface area (Å²) in [7, 11) is 0. The zero-order valence-electron chi connectivity index (χ0n) is 17.2. The number of hydrogen-bond acceptors (Lipinski definition) is 3. The van der Waals surface area contributed by atoms with E-state index >= 15 is 0 Å². The third kappa shape index (κ3) is 7.89. The van der Waals surface area contributed by atoms with Crippen LogP contribution < -0.4 is 5.32 Å². The number of thioether (sulfide) groups is 1. The zero-order chi connectivity index (χ0) is 21.2. The molecule has 2 aromatic carbocycles. The Morgan fingerprint density at radius 2 is 1.69 bits per heavy atom. The molecule has 2 aromatic rings. The van der Waals surface area contributed by atoms with Gasteiger partial charge >= 0.3 is 0 Å². The van der Waals surface area contributed by atoms with Crippen molar-refractivity contribution in [2.45, 2.75) is 44.7 Å². The van der Waals surface area contributed by atoms with Gasteiger partial charge in [-0.1, -0.05) is 44.2 Å². The molecule has 0 aliphatic heterocycles. The van der Waals surface area contributed by atoms with E-state index in [0.717, 1.165) is 10.5 Å². The van der Waals surface area contributed by atoms with Gasteiger partial charge in [-0.15, -0.1) is 11.8 Å². The molecule has 0 bridgehead atoms. The topological polar surface area (TPSA) is 49.4 Å². The van der Waals surface area contributed by atoms with E-state index in [1.54, 1.807) is 35.7 Å². The van der Waals surface area contributed by atoms with Gasteiger partial charge in [0.1, 0.15) is 11.9 Å². The number of hydrogen-bond donors (Lipinski definition) is 1. The Labute approximate surface area is 176 Å². The van der Waals surface area contributed by atoms with Crippen LogP contribution in [0.1, 0.15) is 32.8 Å². The molecule has 4 nitrogen and oxygen atoms in total. The largest absolute Gasteiger partial charge is 0.354 e. The van der Waals surface area contributed by atoms with Crippen LogP contribution in [0.4, 0.5) is 4.39 Å². The van der Waals surface area contributed by atoms with Crippen LogP contribution >= 0.6 is 11.8 Å². The van der Waals surface area contributed by atoms with Gasteiger partial charge in [0, 0.05) is 30.2 Å². The van der Waals surface area contributed by atoms with E-state index in [-0.39, 0.29) is 24.2 Å². The summed E-state index contributed by atoms with van der Waals surface area (Å²) in [5.41, 5.74) is 0.791. The first-order chi connectivity index (χ1) is 13.9. The second-order valence-electron chi connectivity index (χ2n) is 7.37. The Balaban J connectivity index is 2.04. The summed E-state index contributed by atoms with van der Waals surface area (Å²) in [6.45, 7) is 6.61. The average Bonchev–Trinajstić information content (AvgIpc) is 2.71. The second-order valence-corrected chi connectivity index (χ2v) is 8.54. The second kappa shape index (κ2) is 11.6. The van der Waals surface area contributed by atoms with E-state index < -0.39 is 6.04 Å². The third-order valence-electron chi connectivity index (χ3n) is 4.45. The van der Waals surface area contributed by atoms with Crippen molar-refractivity contribution in [1.82, 2.24) is 10.2 Å². The summed E-state index contributed by atoms with van der Waals surface area (Å²) in [5, 5.41) is 2.90. The van der Waals surface area contributed by atoms with Crippen molar-refractivity contribution in [3.63, 3.8) is 0 Å². The molecular formula is C23H29FN2O2S. The van der Waals surface area contributed by atoms with Crippen molar-refractivity contribution < 1.29 is 14.0 Å². The Kier molecular flexibility index (Phi) is 9.19. The summed E-state index contributed by atoms with van der Waals surface area (Å²) in [6.07, 6.45) is 0.322. The summed E-state index contributed by atoms with van der Waals surface area (Å²) >= 11 is 1.61. The van der Waals surface area contributed by atoms with Gasteiger partial charge in [-0.3, -0.25) is 9.59 Å². The monoisotopic (exact) mass is 416 g/mol. The predicted octanol–water partition coefficient (Wildman–Crippen LogP) is 4.50. The fraction of sp³-hybridized carbons (Fsp3) is 0.391. The minimum atomic E-state index is -0.604. The zero-order valence-corrected chi connectivity index (χ0v) is 18.0. The molecule has 0 aromatic heterocycles. The number of amides is 2. The first kappa shape index (κ1) is 22.9. The van der Waals surface area contributed by atoms with Crippen LogP contribution in [-0.2, 0) is 16.1 Å². The van der Waals surface area contributed by atoms with Crippen LogP contribution in [0.5, 0.6) is 0 Å². The van der Waals surface area contributed by atoms with Crippen LogP contribution in [0, 0.1) is 11.7 Å². The van der Waals surface area contributed by atoms with Gasteiger partial charge < -0.3 is 10.2 Å². The lowest BCUT2D eigenvalue weighted by Gasteiger charge is -2.29. The lowest BCUT2D eigenvalue weighted by atomic mass is 10.1. The van der Waals surface area contributed by atoms with Crippen molar-refractivity contribution in [2.75, 3.05) is 12.3 Å². The highest BCUT2D eigenvalue weighted by Crippen LogP contribution is 2.19. The molecule has 2 rings (SSSR count). The van der Waals surface area contributed by atoms with Crippen LogP contribution in [0.3, 0.4) is 0 Å². The number of carbonyl (C=O) groups excluding carboxylic acids is 2. The molecule has 0 heterocycles. The number of nitrogens with zero attached hydrogens (tertiary/aromatic N) is 1. The molecule has 0 aliphatic rings. The molecular weight excluding hydrogens is 387 g/mol. The maximum Gasteiger partial charge on any atom is 0.242 e. The van der Waals surface area contributed by atoms with E-state index in [9.17, 15) is 14.0 Å². The summed E-state index contributed by atoms with van der Waals surface area (Å²) in [6, 6.07) is 15.3. The quantitative estimate of drug-likeness (QED) is 0.580. The van der Waals surface area contributed by atoms with Gasteiger partial charge in [-0.05, 0) is 42.7 Å². The Morgan fingerprint density at radius 1 is 1.03 bits per heavy atom. The van der Waals surface area contributed by atoms with E-state index in [4.69, 9.17) is 0 Å². The summed E-state index contributed by atoms with van der Waals surface area (Å²) in [5.74, 6) is 0.362. The van der Waals surface area contributed by atoms with E-state index in [2.05, 4.69) is 5.32 Å². The predicted molar refractivity (Wildman–Crippen MR) is 116 cm³/mol. The van der Waals surface area contributed by atoms with E-state index in [1.165, 1.54) is 12.1 Å².